The zero-order valence-corrected chi connectivity index (χ0v) is 11.4. The molecular formula is C18H15NO2. The van der Waals surface area contributed by atoms with Crippen LogP contribution in [0.1, 0.15) is 21.5 Å². The van der Waals surface area contributed by atoms with Crippen molar-refractivity contribution in [3.8, 4) is 11.1 Å². The van der Waals surface area contributed by atoms with E-state index in [0.29, 0.717) is 5.56 Å². The van der Waals surface area contributed by atoms with Crippen LogP contribution in [0.3, 0.4) is 0 Å². The molecular weight excluding hydrogens is 262 g/mol. The van der Waals surface area contributed by atoms with Crippen LogP contribution in [-0.4, -0.2) is 16.1 Å². The highest BCUT2D eigenvalue weighted by molar-refractivity contribution is 5.87. The van der Waals surface area contributed by atoms with Gasteiger partial charge < -0.3 is 10.1 Å². The molecule has 4 rings (SSSR count). The lowest BCUT2D eigenvalue weighted by atomic mass is 10.1. The molecule has 0 atom stereocenters. The van der Waals surface area contributed by atoms with Crippen molar-refractivity contribution in [3.05, 3.63) is 83.7 Å². The summed E-state index contributed by atoms with van der Waals surface area (Å²) in [6.07, 6.45) is 4.11. The third-order valence-electron chi connectivity index (χ3n) is 3.55. The van der Waals surface area contributed by atoms with Crippen LogP contribution in [0.5, 0.6) is 0 Å². The molecule has 2 N–H and O–H groups in total. The standard InChI is InChI=1S/C13H10.C5H5NO2/c1-3-7-12-10(5-1)9-11-6-2-4-8-13(11)12;7-5(8)4-1-2-6-3-4/h1-8H,9H2;1-3,6H,(H,7,8). The van der Waals surface area contributed by atoms with E-state index in [-0.39, 0.29) is 0 Å². The predicted molar refractivity (Wildman–Crippen MR) is 82.4 cm³/mol. The van der Waals surface area contributed by atoms with Crippen LogP contribution in [-0.2, 0) is 6.42 Å². The minimum atomic E-state index is -0.897. The van der Waals surface area contributed by atoms with Crippen LogP contribution in [0.4, 0.5) is 0 Å². The summed E-state index contributed by atoms with van der Waals surface area (Å²) in [5.41, 5.74) is 6.05. The Labute approximate surface area is 122 Å². The van der Waals surface area contributed by atoms with Gasteiger partial charge in [-0.1, -0.05) is 48.5 Å². The first-order chi connectivity index (χ1) is 10.3. The van der Waals surface area contributed by atoms with E-state index in [1.165, 1.54) is 34.5 Å². The summed E-state index contributed by atoms with van der Waals surface area (Å²) in [6.45, 7) is 0. The van der Waals surface area contributed by atoms with Crippen LogP contribution in [0, 0.1) is 0 Å². The molecule has 0 bridgehead atoms. The maximum absolute atomic E-state index is 10.0. The van der Waals surface area contributed by atoms with Gasteiger partial charge in [0.25, 0.3) is 0 Å². The van der Waals surface area contributed by atoms with E-state index in [2.05, 4.69) is 53.5 Å². The van der Waals surface area contributed by atoms with E-state index in [0.717, 1.165) is 6.42 Å². The van der Waals surface area contributed by atoms with Crippen LogP contribution >= 0.6 is 0 Å². The lowest BCUT2D eigenvalue weighted by Crippen LogP contribution is -1.91. The summed E-state index contributed by atoms with van der Waals surface area (Å²) in [6, 6.07) is 18.8. The van der Waals surface area contributed by atoms with E-state index in [1.807, 2.05) is 0 Å². The Bertz CT molecular complexity index is 717. The fraction of sp³-hybridized carbons (Fsp3) is 0.0556. The number of benzene rings is 2. The molecule has 3 aromatic rings. The number of aromatic amines is 1. The molecule has 1 heterocycles. The van der Waals surface area contributed by atoms with Crippen molar-refractivity contribution >= 4 is 5.97 Å². The largest absolute Gasteiger partial charge is 0.478 e. The zero-order chi connectivity index (χ0) is 14.7. The highest BCUT2D eigenvalue weighted by atomic mass is 16.4. The molecule has 1 aliphatic rings. The topological polar surface area (TPSA) is 53.1 Å². The second-order valence-electron chi connectivity index (χ2n) is 4.90. The quantitative estimate of drug-likeness (QED) is 0.553. The second-order valence-corrected chi connectivity index (χ2v) is 4.90. The molecule has 0 amide bonds. The highest BCUT2D eigenvalue weighted by Gasteiger charge is 2.15. The third kappa shape index (κ3) is 2.72. The molecule has 1 aliphatic carbocycles. The first kappa shape index (κ1) is 13.2. The van der Waals surface area contributed by atoms with Crippen LogP contribution in [0.25, 0.3) is 11.1 Å². The van der Waals surface area contributed by atoms with Crippen molar-refractivity contribution in [1.82, 2.24) is 4.98 Å². The molecule has 0 saturated carbocycles. The Hall–Kier alpha value is -2.81. The fourth-order valence-electron chi connectivity index (χ4n) is 2.54. The third-order valence-corrected chi connectivity index (χ3v) is 3.55. The SMILES string of the molecule is O=C(O)c1cc[nH]c1.c1ccc2c(c1)Cc1ccccc1-2. The van der Waals surface area contributed by atoms with Gasteiger partial charge in [0.1, 0.15) is 0 Å². The lowest BCUT2D eigenvalue weighted by Gasteiger charge is -1.98. The summed E-state index contributed by atoms with van der Waals surface area (Å²) in [7, 11) is 0. The minimum absolute atomic E-state index is 0.296. The molecule has 1 aromatic heterocycles. The van der Waals surface area contributed by atoms with Gasteiger partial charge in [0.05, 0.1) is 5.56 Å². The molecule has 0 fully saturated rings. The number of aromatic nitrogens is 1. The maximum atomic E-state index is 10.0. The van der Waals surface area contributed by atoms with Gasteiger partial charge in [-0.25, -0.2) is 4.79 Å². The number of carboxylic acids is 1. The van der Waals surface area contributed by atoms with Crippen molar-refractivity contribution in [2.24, 2.45) is 0 Å². The van der Waals surface area contributed by atoms with E-state index in [9.17, 15) is 4.79 Å². The summed E-state index contributed by atoms with van der Waals surface area (Å²) in [5, 5.41) is 8.25. The van der Waals surface area contributed by atoms with Crippen LogP contribution in [0.15, 0.2) is 67.0 Å². The number of fused-ring (bicyclic) bond motifs is 3. The average molecular weight is 277 g/mol. The number of carboxylic acid groups (broad SMARTS) is 1. The number of nitrogens with one attached hydrogen (secondary N) is 1. The van der Waals surface area contributed by atoms with Crippen LogP contribution in [0.2, 0.25) is 0 Å². The van der Waals surface area contributed by atoms with Gasteiger partial charge >= 0.3 is 5.97 Å². The van der Waals surface area contributed by atoms with Crippen molar-refractivity contribution in [3.63, 3.8) is 0 Å². The Morgan fingerprint density at radius 3 is 1.90 bits per heavy atom. The van der Waals surface area contributed by atoms with Crippen molar-refractivity contribution in [2.45, 2.75) is 6.42 Å². The summed E-state index contributed by atoms with van der Waals surface area (Å²) >= 11 is 0. The van der Waals surface area contributed by atoms with Crippen molar-refractivity contribution in [2.75, 3.05) is 0 Å². The van der Waals surface area contributed by atoms with Gasteiger partial charge in [-0.05, 0) is 34.7 Å². The molecule has 0 radical (unpaired) electrons. The Morgan fingerprint density at radius 1 is 0.905 bits per heavy atom. The Balaban J connectivity index is 0.000000143. The molecule has 0 unspecified atom stereocenters. The summed E-state index contributed by atoms with van der Waals surface area (Å²) < 4.78 is 0. The number of hydrogen-bond acceptors (Lipinski definition) is 1. The van der Waals surface area contributed by atoms with Gasteiger partial charge in [-0.3, -0.25) is 0 Å². The van der Waals surface area contributed by atoms with Gasteiger partial charge in [-0.2, -0.15) is 0 Å². The lowest BCUT2D eigenvalue weighted by molar-refractivity contribution is 0.0697. The van der Waals surface area contributed by atoms with Gasteiger partial charge in [0, 0.05) is 12.4 Å². The predicted octanol–water partition coefficient (Wildman–Crippen LogP) is 3.97. The Kier molecular flexibility index (Phi) is 3.56. The summed E-state index contributed by atoms with van der Waals surface area (Å²) in [5.74, 6) is -0.897. The molecule has 0 aliphatic heterocycles. The Morgan fingerprint density at radius 2 is 1.48 bits per heavy atom. The van der Waals surface area contributed by atoms with E-state index < -0.39 is 5.97 Å². The van der Waals surface area contributed by atoms with E-state index >= 15 is 0 Å². The molecule has 0 spiro atoms. The second kappa shape index (κ2) is 5.67. The summed E-state index contributed by atoms with van der Waals surface area (Å²) in [4.78, 5) is 12.7. The van der Waals surface area contributed by atoms with Crippen molar-refractivity contribution in [1.29, 1.82) is 0 Å². The van der Waals surface area contributed by atoms with Gasteiger partial charge in [-0.15, -0.1) is 0 Å². The molecule has 104 valence electrons. The van der Waals surface area contributed by atoms with Crippen molar-refractivity contribution < 1.29 is 9.90 Å². The molecule has 3 heteroatoms. The van der Waals surface area contributed by atoms with E-state index in [1.54, 1.807) is 6.20 Å². The smallest absolute Gasteiger partial charge is 0.337 e. The maximum Gasteiger partial charge on any atom is 0.337 e. The first-order valence-corrected chi connectivity index (χ1v) is 6.78. The molecule has 21 heavy (non-hydrogen) atoms. The highest BCUT2D eigenvalue weighted by Crippen LogP contribution is 2.35. The number of carbonyl (C=O) groups is 1. The van der Waals surface area contributed by atoms with Crippen LogP contribution < -0.4 is 0 Å². The van der Waals surface area contributed by atoms with Gasteiger partial charge in [0.2, 0.25) is 0 Å². The fourth-order valence-corrected chi connectivity index (χ4v) is 2.54. The molecule has 0 saturated heterocycles. The average Bonchev–Trinajstić information content (AvgIpc) is 3.15. The molecule has 2 aromatic carbocycles. The molecule has 3 nitrogen and oxygen atoms in total. The minimum Gasteiger partial charge on any atom is -0.478 e. The number of rotatable bonds is 1. The number of aromatic carboxylic acids is 1. The number of H-pyrrole nitrogens is 1. The van der Waals surface area contributed by atoms with E-state index in [4.69, 9.17) is 5.11 Å². The first-order valence-electron chi connectivity index (χ1n) is 6.78. The normalized spacial score (nSPS) is 11.0. The monoisotopic (exact) mass is 277 g/mol. The van der Waals surface area contributed by atoms with Gasteiger partial charge in [0.15, 0.2) is 0 Å². The number of hydrogen-bond donors (Lipinski definition) is 2. The zero-order valence-electron chi connectivity index (χ0n) is 11.4.